The molecule has 0 fully saturated rings. The number of hydrogen-bond acceptors (Lipinski definition) is 3. The number of imidazole rings is 1. The van der Waals surface area contributed by atoms with Crippen LogP contribution in [0.3, 0.4) is 0 Å². The number of hydrogen-bond donors (Lipinski definition) is 1. The van der Waals surface area contributed by atoms with Gasteiger partial charge < -0.3 is 5.73 Å². The molecule has 4 aromatic rings. The van der Waals surface area contributed by atoms with E-state index in [4.69, 9.17) is 5.73 Å². The van der Waals surface area contributed by atoms with E-state index in [2.05, 4.69) is 9.97 Å². The van der Waals surface area contributed by atoms with Crippen LogP contribution in [0, 0.1) is 5.82 Å². The molecule has 2 aromatic carbocycles. The SMILES string of the molecule is Nc1nc2cc(F)ccc2n2cnc(-c3ccccc3)c12. The molecule has 0 saturated heterocycles. The van der Waals surface area contributed by atoms with E-state index in [9.17, 15) is 4.39 Å². The highest BCUT2D eigenvalue weighted by atomic mass is 19.1. The van der Waals surface area contributed by atoms with Gasteiger partial charge in [0.25, 0.3) is 0 Å². The number of nitrogens with two attached hydrogens (primary N) is 1. The summed E-state index contributed by atoms with van der Waals surface area (Å²) in [4.78, 5) is 8.75. The van der Waals surface area contributed by atoms with Gasteiger partial charge in [0.15, 0.2) is 5.82 Å². The van der Waals surface area contributed by atoms with Gasteiger partial charge in [-0.15, -0.1) is 0 Å². The number of rotatable bonds is 1. The second-order valence-corrected chi connectivity index (χ2v) is 4.81. The lowest BCUT2D eigenvalue weighted by Gasteiger charge is -2.06. The van der Waals surface area contributed by atoms with Crippen molar-refractivity contribution in [2.75, 3.05) is 5.73 Å². The van der Waals surface area contributed by atoms with Crippen LogP contribution in [0.4, 0.5) is 10.2 Å². The van der Waals surface area contributed by atoms with E-state index in [0.29, 0.717) is 11.3 Å². The van der Waals surface area contributed by atoms with Crippen molar-refractivity contribution in [3.05, 3.63) is 60.7 Å². The van der Waals surface area contributed by atoms with Crippen molar-refractivity contribution < 1.29 is 4.39 Å². The van der Waals surface area contributed by atoms with Gasteiger partial charge in [0.2, 0.25) is 0 Å². The van der Waals surface area contributed by atoms with Crippen LogP contribution in [-0.4, -0.2) is 14.4 Å². The lowest BCUT2D eigenvalue weighted by atomic mass is 10.1. The second kappa shape index (κ2) is 4.28. The largest absolute Gasteiger partial charge is 0.382 e. The Kier molecular flexibility index (Phi) is 2.41. The maximum Gasteiger partial charge on any atom is 0.150 e. The van der Waals surface area contributed by atoms with E-state index >= 15 is 0 Å². The molecule has 0 spiro atoms. The molecule has 0 aliphatic rings. The number of fused-ring (bicyclic) bond motifs is 3. The highest BCUT2D eigenvalue weighted by Crippen LogP contribution is 2.29. The molecule has 0 atom stereocenters. The van der Waals surface area contributed by atoms with E-state index < -0.39 is 0 Å². The van der Waals surface area contributed by atoms with Crippen LogP contribution in [0.5, 0.6) is 0 Å². The summed E-state index contributed by atoms with van der Waals surface area (Å²) in [6.45, 7) is 0. The smallest absolute Gasteiger partial charge is 0.150 e. The molecule has 5 heteroatoms. The Labute approximate surface area is 119 Å². The maximum absolute atomic E-state index is 13.3. The van der Waals surface area contributed by atoms with Crippen molar-refractivity contribution in [2.24, 2.45) is 0 Å². The van der Waals surface area contributed by atoms with Crippen molar-refractivity contribution in [2.45, 2.75) is 0 Å². The predicted octanol–water partition coefficient (Wildman–Crippen LogP) is 3.27. The van der Waals surface area contributed by atoms with Crippen LogP contribution < -0.4 is 5.73 Å². The van der Waals surface area contributed by atoms with Crippen LogP contribution >= 0.6 is 0 Å². The topological polar surface area (TPSA) is 56.2 Å². The zero-order chi connectivity index (χ0) is 14.4. The highest BCUT2D eigenvalue weighted by Gasteiger charge is 2.14. The normalized spacial score (nSPS) is 11.3. The Bertz CT molecular complexity index is 960. The number of nitrogens with zero attached hydrogens (tertiary/aromatic N) is 3. The molecule has 21 heavy (non-hydrogen) atoms. The third kappa shape index (κ3) is 1.74. The van der Waals surface area contributed by atoms with Crippen LogP contribution in [0.15, 0.2) is 54.9 Å². The summed E-state index contributed by atoms with van der Waals surface area (Å²) in [6.07, 6.45) is 1.69. The number of anilines is 1. The van der Waals surface area contributed by atoms with Crippen molar-refractivity contribution in [3.8, 4) is 11.3 Å². The summed E-state index contributed by atoms with van der Waals surface area (Å²) in [5.41, 5.74) is 9.82. The summed E-state index contributed by atoms with van der Waals surface area (Å²) in [6, 6.07) is 14.2. The molecule has 102 valence electrons. The highest BCUT2D eigenvalue weighted by molar-refractivity contribution is 5.91. The molecule has 0 unspecified atom stereocenters. The molecule has 2 heterocycles. The van der Waals surface area contributed by atoms with E-state index in [1.165, 1.54) is 12.1 Å². The lowest BCUT2D eigenvalue weighted by Crippen LogP contribution is -1.98. The average molecular weight is 278 g/mol. The first-order valence-corrected chi connectivity index (χ1v) is 6.51. The van der Waals surface area contributed by atoms with Gasteiger partial charge >= 0.3 is 0 Å². The zero-order valence-corrected chi connectivity index (χ0v) is 11.0. The summed E-state index contributed by atoms with van der Waals surface area (Å²) in [7, 11) is 0. The molecule has 0 radical (unpaired) electrons. The summed E-state index contributed by atoms with van der Waals surface area (Å²) in [5.74, 6) is 0.00148. The van der Waals surface area contributed by atoms with Crippen LogP contribution in [0.25, 0.3) is 27.8 Å². The lowest BCUT2D eigenvalue weighted by molar-refractivity contribution is 0.629. The van der Waals surface area contributed by atoms with Gasteiger partial charge in [-0.2, -0.15) is 0 Å². The molecule has 4 nitrogen and oxygen atoms in total. The first kappa shape index (κ1) is 11.8. The maximum atomic E-state index is 13.3. The molecule has 4 rings (SSSR count). The zero-order valence-electron chi connectivity index (χ0n) is 11.0. The fourth-order valence-corrected chi connectivity index (χ4v) is 2.56. The Balaban J connectivity index is 2.11. The Hall–Kier alpha value is -2.95. The Morgan fingerprint density at radius 2 is 1.86 bits per heavy atom. The summed E-state index contributed by atoms with van der Waals surface area (Å²) < 4.78 is 15.2. The van der Waals surface area contributed by atoms with Gasteiger partial charge in [-0.3, -0.25) is 4.40 Å². The number of aromatic nitrogens is 3. The minimum atomic E-state index is -0.336. The summed E-state index contributed by atoms with van der Waals surface area (Å²) >= 11 is 0. The third-order valence-corrected chi connectivity index (χ3v) is 3.50. The fraction of sp³-hybridized carbons (Fsp3) is 0. The third-order valence-electron chi connectivity index (χ3n) is 3.50. The van der Waals surface area contributed by atoms with Gasteiger partial charge in [0, 0.05) is 11.6 Å². The average Bonchev–Trinajstić information content (AvgIpc) is 2.93. The van der Waals surface area contributed by atoms with Gasteiger partial charge in [0.05, 0.1) is 16.7 Å². The molecule has 0 saturated carbocycles. The second-order valence-electron chi connectivity index (χ2n) is 4.81. The predicted molar refractivity (Wildman–Crippen MR) is 80.3 cm³/mol. The van der Waals surface area contributed by atoms with Gasteiger partial charge in [-0.25, -0.2) is 14.4 Å². The van der Waals surface area contributed by atoms with Crippen LogP contribution in [0.2, 0.25) is 0 Å². The minimum absolute atomic E-state index is 0.336. The first-order valence-electron chi connectivity index (χ1n) is 6.51. The minimum Gasteiger partial charge on any atom is -0.382 e. The fourth-order valence-electron chi connectivity index (χ4n) is 2.56. The van der Waals surface area contributed by atoms with E-state index in [-0.39, 0.29) is 5.82 Å². The van der Waals surface area contributed by atoms with E-state index in [0.717, 1.165) is 22.3 Å². The molecular weight excluding hydrogens is 267 g/mol. The molecule has 0 bridgehead atoms. The standard InChI is InChI=1S/C16H11FN4/c17-11-6-7-13-12(8-11)20-16(18)15-14(19-9-21(13)15)10-4-2-1-3-5-10/h1-9H,(H2,18,20). The molecule has 0 aliphatic carbocycles. The van der Waals surface area contributed by atoms with Crippen molar-refractivity contribution in [1.29, 1.82) is 0 Å². The summed E-state index contributed by atoms with van der Waals surface area (Å²) in [5, 5.41) is 0. The van der Waals surface area contributed by atoms with Crippen LogP contribution in [-0.2, 0) is 0 Å². The van der Waals surface area contributed by atoms with E-state index in [1.807, 2.05) is 34.7 Å². The molecule has 2 aromatic heterocycles. The molecule has 2 N–H and O–H groups in total. The van der Waals surface area contributed by atoms with Gasteiger partial charge in [-0.1, -0.05) is 30.3 Å². The monoisotopic (exact) mass is 278 g/mol. The van der Waals surface area contributed by atoms with Crippen molar-refractivity contribution >= 4 is 22.4 Å². The number of halogens is 1. The molecule has 0 amide bonds. The van der Waals surface area contributed by atoms with E-state index in [1.54, 1.807) is 12.4 Å². The number of nitrogen functional groups attached to an aromatic ring is 1. The van der Waals surface area contributed by atoms with Gasteiger partial charge in [-0.05, 0) is 12.1 Å². The van der Waals surface area contributed by atoms with Crippen molar-refractivity contribution in [3.63, 3.8) is 0 Å². The van der Waals surface area contributed by atoms with Crippen LogP contribution in [0.1, 0.15) is 0 Å². The Morgan fingerprint density at radius 1 is 1.05 bits per heavy atom. The van der Waals surface area contributed by atoms with Gasteiger partial charge in [0.1, 0.15) is 17.7 Å². The Morgan fingerprint density at radius 3 is 2.67 bits per heavy atom. The van der Waals surface area contributed by atoms with Crippen molar-refractivity contribution in [1.82, 2.24) is 14.4 Å². The number of benzene rings is 2. The quantitative estimate of drug-likeness (QED) is 0.581. The molecule has 0 aliphatic heterocycles. The first-order chi connectivity index (χ1) is 10.2. The molecular formula is C16H11FN4.